The maximum atomic E-state index is 13.0. The highest BCUT2D eigenvalue weighted by molar-refractivity contribution is 6.24. The zero-order valence-electron chi connectivity index (χ0n) is 16.0. The van der Waals surface area contributed by atoms with Crippen LogP contribution in [0.1, 0.15) is 45.5 Å². The van der Waals surface area contributed by atoms with Gasteiger partial charge in [-0.15, -0.1) is 0 Å². The Kier molecular flexibility index (Phi) is 5.70. The number of fused-ring (bicyclic) bond motifs is 1. The second-order valence-electron chi connectivity index (χ2n) is 7.48. The highest BCUT2D eigenvalue weighted by Gasteiger charge is 2.45. The molecule has 2 saturated heterocycles. The molecule has 3 heterocycles. The first kappa shape index (κ1) is 19.7. The first-order valence-corrected chi connectivity index (χ1v) is 9.91. The minimum Gasteiger partial charge on any atom is -0.379 e. The average Bonchev–Trinajstić information content (AvgIpc) is 2.98. The Labute approximate surface area is 168 Å². The van der Waals surface area contributed by atoms with E-state index in [2.05, 4.69) is 16.0 Å². The van der Waals surface area contributed by atoms with Crippen molar-refractivity contribution in [1.29, 1.82) is 0 Å². The first-order chi connectivity index (χ1) is 14.1. The van der Waals surface area contributed by atoms with E-state index in [9.17, 15) is 19.2 Å². The molecule has 0 radical (unpaired) electrons. The monoisotopic (exact) mass is 400 g/mol. The van der Waals surface area contributed by atoms with Crippen LogP contribution in [0.15, 0.2) is 18.2 Å². The van der Waals surface area contributed by atoms with Crippen molar-refractivity contribution in [1.82, 2.24) is 20.9 Å². The van der Waals surface area contributed by atoms with Crippen molar-refractivity contribution in [3.8, 4) is 0 Å². The van der Waals surface area contributed by atoms with Gasteiger partial charge in [-0.1, -0.05) is 12.1 Å². The summed E-state index contributed by atoms with van der Waals surface area (Å²) in [5.41, 5.74) is 1.37. The third kappa shape index (κ3) is 3.93. The number of piperidine rings is 1. The van der Waals surface area contributed by atoms with Crippen LogP contribution in [0.4, 0.5) is 0 Å². The van der Waals surface area contributed by atoms with Crippen molar-refractivity contribution < 1.29 is 23.9 Å². The SMILES string of the molecule is O=C1CCC(N2C(=O)c3cccc(CNCCC4COCCN4)c3C2=O)C(=O)N1. The topological polar surface area (TPSA) is 117 Å². The second-order valence-corrected chi connectivity index (χ2v) is 7.48. The molecule has 29 heavy (non-hydrogen) atoms. The highest BCUT2D eigenvalue weighted by atomic mass is 16.5. The number of hydrogen-bond acceptors (Lipinski definition) is 7. The molecule has 2 atom stereocenters. The van der Waals surface area contributed by atoms with Gasteiger partial charge in [0.2, 0.25) is 11.8 Å². The van der Waals surface area contributed by atoms with E-state index in [1.807, 2.05) is 6.07 Å². The van der Waals surface area contributed by atoms with Gasteiger partial charge in [-0.2, -0.15) is 0 Å². The summed E-state index contributed by atoms with van der Waals surface area (Å²) in [5.74, 6) is -1.94. The van der Waals surface area contributed by atoms with Gasteiger partial charge in [-0.05, 0) is 31.0 Å². The standard InChI is InChI=1S/C20H24N4O5/c25-16-5-4-15(18(26)23-16)24-19(27)14-3-1-2-12(17(14)20(24)28)10-21-7-6-13-11-29-9-8-22-13/h1-3,13,15,21-22H,4-11H2,(H,23,25,26). The number of carbonyl (C=O) groups excluding carboxylic acids is 4. The van der Waals surface area contributed by atoms with Crippen LogP contribution in [0.25, 0.3) is 0 Å². The molecule has 3 aliphatic rings. The zero-order valence-corrected chi connectivity index (χ0v) is 16.0. The summed E-state index contributed by atoms with van der Waals surface area (Å²) < 4.78 is 5.44. The van der Waals surface area contributed by atoms with Gasteiger partial charge in [0.25, 0.3) is 11.8 Å². The Morgan fingerprint density at radius 3 is 2.79 bits per heavy atom. The van der Waals surface area contributed by atoms with Gasteiger partial charge in [-0.25, -0.2) is 0 Å². The van der Waals surface area contributed by atoms with Crippen molar-refractivity contribution in [2.75, 3.05) is 26.3 Å². The lowest BCUT2D eigenvalue weighted by Gasteiger charge is -2.27. The third-order valence-electron chi connectivity index (χ3n) is 5.54. The Morgan fingerprint density at radius 1 is 1.17 bits per heavy atom. The minimum absolute atomic E-state index is 0.108. The van der Waals surface area contributed by atoms with Gasteiger partial charge in [0.1, 0.15) is 6.04 Å². The molecule has 4 rings (SSSR count). The van der Waals surface area contributed by atoms with E-state index in [0.717, 1.165) is 36.6 Å². The Balaban J connectivity index is 1.43. The zero-order chi connectivity index (χ0) is 20.4. The lowest BCUT2D eigenvalue weighted by molar-refractivity contribution is -0.136. The van der Waals surface area contributed by atoms with E-state index in [1.54, 1.807) is 12.1 Å². The molecule has 0 aromatic heterocycles. The van der Waals surface area contributed by atoms with Crippen LogP contribution in [-0.4, -0.2) is 66.9 Å². The smallest absolute Gasteiger partial charge is 0.262 e. The number of amides is 4. The number of hydrogen-bond donors (Lipinski definition) is 3. The molecule has 0 saturated carbocycles. The van der Waals surface area contributed by atoms with Crippen molar-refractivity contribution in [3.05, 3.63) is 34.9 Å². The summed E-state index contributed by atoms with van der Waals surface area (Å²) in [5, 5.41) is 8.92. The number of nitrogens with zero attached hydrogens (tertiary/aromatic N) is 1. The fourth-order valence-corrected chi connectivity index (χ4v) is 4.04. The summed E-state index contributed by atoms with van der Waals surface area (Å²) in [6.07, 6.45) is 1.15. The Morgan fingerprint density at radius 2 is 2.03 bits per heavy atom. The van der Waals surface area contributed by atoms with Crippen LogP contribution in [0.3, 0.4) is 0 Å². The predicted molar refractivity (Wildman–Crippen MR) is 102 cm³/mol. The lowest BCUT2D eigenvalue weighted by atomic mass is 10.0. The van der Waals surface area contributed by atoms with Crippen molar-refractivity contribution in [3.63, 3.8) is 0 Å². The number of morpholine rings is 1. The first-order valence-electron chi connectivity index (χ1n) is 9.91. The number of rotatable bonds is 6. The van der Waals surface area contributed by atoms with E-state index in [1.165, 1.54) is 0 Å². The summed E-state index contributed by atoms with van der Waals surface area (Å²) in [6, 6.07) is 4.52. The van der Waals surface area contributed by atoms with E-state index in [0.29, 0.717) is 30.3 Å². The second kappa shape index (κ2) is 8.40. The van der Waals surface area contributed by atoms with Gasteiger partial charge >= 0.3 is 0 Å². The molecule has 1 aromatic rings. The largest absolute Gasteiger partial charge is 0.379 e. The van der Waals surface area contributed by atoms with Gasteiger partial charge < -0.3 is 15.4 Å². The molecule has 4 amide bonds. The molecule has 0 spiro atoms. The van der Waals surface area contributed by atoms with Crippen LogP contribution in [0, 0.1) is 0 Å². The van der Waals surface area contributed by atoms with Gasteiger partial charge in [0.05, 0.1) is 24.3 Å². The average molecular weight is 400 g/mol. The van der Waals surface area contributed by atoms with E-state index in [-0.39, 0.29) is 18.7 Å². The molecule has 1 aromatic carbocycles. The van der Waals surface area contributed by atoms with E-state index in [4.69, 9.17) is 4.74 Å². The van der Waals surface area contributed by atoms with Crippen LogP contribution in [-0.2, 0) is 20.9 Å². The Hall–Kier alpha value is -2.62. The van der Waals surface area contributed by atoms with Gasteiger partial charge in [-0.3, -0.25) is 29.4 Å². The third-order valence-corrected chi connectivity index (χ3v) is 5.54. The number of carbonyl (C=O) groups is 4. The summed E-state index contributed by atoms with van der Waals surface area (Å²) in [7, 11) is 0. The molecule has 9 nitrogen and oxygen atoms in total. The van der Waals surface area contributed by atoms with Crippen LogP contribution in [0.2, 0.25) is 0 Å². The molecule has 3 aliphatic heterocycles. The minimum atomic E-state index is -0.946. The maximum Gasteiger partial charge on any atom is 0.262 e. The summed E-state index contributed by atoms with van der Waals surface area (Å²) in [6.45, 7) is 3.46. The molecular weight excluding hydrogens is 376 g/mol. The van der Waals surface area contributed by atoms with Gasteiger partial charge in [0.15, 0.2) is 0 Å². The van der Waals surface area contributed by atoms with Crippen LogP contribution >= 0.6 is 0 Å². The molecule has 0 bridgehead atoms. The van der Waals surface area contributed by atoms with Crippen LogP contribution in [0.5, 0.6) is 0 Å². The molecule has 2 fully saturated rings. The van der Waals surface area contributed by atoms with Crippen molar-refractivity contribution in [2.24, 2.45) is 0 Å². The fraction of sp³-hybridized carbons (Fsp3) is 0.500. The Bertz CT molecular complexity index is 849. The fourth-order valence-electron chi connectivity index (χ4n) is 4.04. The lowest BCUT2D eigenvalue weighted by Crippen LogP contribution is -2.54. The molecule has 0 aliphatic carbocycles. The molecule has 154 valence electrons. The normalized spacial score (nSPS) is 24.6. The predicted octanol–water partition coefficient (Wildman–Crippen LogP) is -0.444. The van der Waals surface area contributed by atoms with E-state index < -0.39 is 23.8 Å². The number of imide groups is 2. The number of ether oxygens (including phenoxy) is 1. The van der Waals surface area contributed by atoms with Gasteiger partial charge in [0, 0.05) is 25.6 Å². The van der Waals surface area contributed by atoms with Crippen molar-refractivity contribution in [2.45, 2.75) is 37.9 Å². The maximum absolute atomic E-state index is 13.0. The van der Waals surface area contributed by atoms with Crippen LogP contribution < -0.4 is 16.0 Å². The molecule has 9 heteroatoms. The quantitative estimate of drug-likeness (QED) is 0.438. The summed E-state index contributed by atoms with van der Waals surface area (Å²) in [4.78, 5) is 50.4. The summed E-state index contributed by atoms with van der Waals surface area (Å²) >= 11 is 0. The molecular formula is C20H24N4O5. The molecule has 2 unspecified atom stereocenters. The number of benzene rings is 1. The van der Waals surface area contributed by atoms with Crippen molar-refractivity contribution >= 4 is 23.6 Å². The molecule has 3 N–H and O–H groups in total. The van der Waals surface area contributed by atoms with E-state index >= 15 is 0 Å². The highest BCUT2D eigenvalue weighted by Crippen LogP contribution is 2.29. The number of nitrogens with one attached hydrogen (secondary N) is 3.